The topological polar surface area (TPSA) is 43.3 Å². The summed E-state index contributed by atoms with van der Waals surface area (Å²) in [6.45, 7) is 2.59. The van der Waals surface area contributed by atoms with E-state index in [1.165, 1.54) is 4.88 Å². The number of hydrogen-bond acceptors (Lipinski definition) is 3. The van der Waals surface area contributed by atoms with E-state index in [1.54, 1.807) is 11.3 Å². The molecule has 0 aliphatic carbocycles. The van der Waals surface area contributed by atoms with Crippen molar-refractivity contribution in [3.63, 3.8) is 0 Å². The Balaban J connectivity index is 2.64. The Morgan fingerprint density at radius 1 is 1.64 bits per heavy atom. The fourth-order valence-electron chi connectivity index (χ4n) is 1.06. The molecule has 11 heavy (non-hydrogen) atoms. The van der Waals surface area contributed by atoms with Crippen LogP contribution < -0.4 is 5.73 Å². The second kappa shape index (κ2) is 2.32. The van der Waals surface area contributed by atoms with E-state index in [2.05, 4.69) is 4.98 Å². The SMILES string of the molecule is Cc1cn2cc(CN)sc2n1. The van der Waals surface area contributed by atoms with Gasteiger partial charge in [-0.1, -0.05) is 0 Å². The number of aryl methyl sites for hydroxylation is 1. The lowest BCUT2D eigenvalue weighted by molar-refractivity contribution is 1.08. The Labute approximate surface area is 68.5 Å². The molecule has 4 heteroatoms. The summed E-state index contributed by atoms with van der Waals surface area (Å²) in [5.41, 5.74) is 6.54. The smallest absolute Gasteiger partial charge is 0.194 e. The van der Waals surface area contributed by atoms with Gasteiger partial charge in [-0.25, -0.2) is 4.98 Å². The van der Waals surface area contributed by atoms with Crippen LogP contribution in [0.15, 0.2) is 12.4 Å². The van der Waals surface area contributed by atoms with Crippen LogP contribution in [-0.4, -0.2) is 9.38 Å². The molecule has 0 saturated heterocycles. The zero-order chi connectivity index (χ0) is 7.84. The molecule has 58 valence electrons. The summed E-state index contributed by atoms with van der Waals surface area (Å²) in [5.74, 6) is 0. The van der Waals surface area contributed by atoms with Gasteiger partial charge >= 0.3 is 0 Å². The third-order valence-electron chi connectivity index (χ3n) is 1.53. The molecule has 0 radical (unpaired) electrons. The van der Waals surface area contributed by atoms with E-state index < -0.39 is 0 Å². The quantitative estimate of drug-likeness (QED) is 0.692. The van der Waals surface area contributed by atoms with E-state index in [4.69, 9.17) is 5.73 Å². The maximum absolute atomic E-state index is 5.48. The highest BCUT2D eigenvalue weighted by molar-refractivity contribution is 7.17. The molecule has 2 heterocycles. The second-order valence-corrected chi connectivity index (χ2v) is 3.57. The van der Waals surface area contributed by atoms with E-state index in [1.807, 2.05) is 23.7 Å². The van der Waals surface area contributed by atoms with Crippen LogP contribution in [0.4, 0.5) is 0 Å². The zero-order valence-electron chi connectivity index (χ0n) is 6.24. The molecular weight excluding hydrogens is 158 g/mol. The fraction of sp³-hybridized carbons (Fsp3) is 0.286. The summed E-state index contributed by atoms with van der Waals surface area (Å²) in [4.78, 5) is 6.51. The van der Waals surface area contributed by atoms with Crippen molar-refractivity contribution >= 4 is 16.3 Å². The van der Waals surface area contributed by atoms with Crippen LogP contribution in [0.2, 0.25) is 0 Å². The first kappa shape index (κ1) is 6.82. The van der Waals surface area contributed by atoms with Gasteiger partial charge in [-0.3, -0.25) is 4.40 Å². The van der Waals surface area contributed by atoms with E-state index in [0.29, 0.717) is 6.54 Å². The van der Waals surface area contributed by atoms with Crippen molar-refractivity contribution in [2.45, 2.75) is 13.5 Å². The lowest BCUT2D eigenvalue weighted by Gasteiger charge is -1.81. The Morgan fingerprint density at radius 2 is 2.45 bits per heavy atom. The minimum atomic E-state index is 0.604. The molecule has 0 aliphatic heterocycles. The number of thiazole rings is 1. The average molecular weight is 167 g/mol. The van der Waals surface area contributed by atoms with Crippen molar-refractivity contribution in [1.29, 1.82) is 0 Å². The monoisotopic (exact) mass is 167 g/mol. The van der Waals surface area contributed by atoms with Crippen LogP contribution in [0, 0.1) is 6.92 Å². The first-order chi connectivity index (χ1) is 5.29. The molecule has 2 aromatic heterocycles. The molecule has 2 rings (SSSR count). The lowest BCUT2D eigenvalue weighted by atomic mass is 10.5. The van der Waals surface area contributed by atoms with Crippen molar-refractivity contribution in [2.75, 3.05) is 0 Å². The molecule has 0 atom stereocenters. The molecule has 0 aliphatic rings. The molecule has 0 saturated carbocycles. The number of aromatic nitrogens is 2. The Bertz CT molecular complexity index is 342. The Hall–Kier alpha value is -0.870. The highest BCUT2D eigenvalue weighted by Gasteiger charge is 2.01. The van der Waals surface area contributed by atoms with Gasteiger partial charge < -0.3 is 5.73 Å². The first-order valence-electron chi connectivity index (χ1n) is 3.43. The van der Waals surface area contributed by atoms with Crippen molar-refractivity contribution in [1.82, 2.24) is 9.38 Å². The minimum absolute atomic E-state index is 0.604. The normalized spacial score (nSPS) is 11.1. The number of hydrogen-bond donors (Lipinski definition) is 1. The third kappa shape index (κ3) is 1.04. The van der Waals surface area contributed by atoms with Crippen LogP contribution in [0.25, 0.3) is 4.96 Å². The van der Waals surface area contributed by atoms with Gasteiger partial charge in [0.25, 0.3) is 0 Å². The number of nitrogens with two attached hydrogens (primary N) is 1. The lowest BCUT2D eigenvalue weighted by Crippen LogP contribution is -1.91. The highest BCUT2D eigenvalue weighted by atomic mass is 32.1. The van der Waals surface area contributed by atoms with Gasteiger partial charge in [0.05, 0.1) is 5.69 Å². The molecule has 2 N–H and O–H groups in total. The molecule has 3 nitrogen and oxygen atoms in total. The van der Waals surface area contributed by atoms with Crippen LogP contribution in [0.1, 0.15) is 10.6 Å². The van der Waals surface area contributed by atoms with Gasteiger partial charge in [0.15, 0.2) is 4.96 Å². The number of rotatable bonds is 1. The van der Waals surface area contributed by atoms with Crippen molar-refractivity contribution in [3.8, 4) is 0 Å². The van der Waals surface area contributed by atoms with Gasteiger partial charge in [-0.15, -0.1) is 11.3 Å². The fourth-order valence-corrected chi connectivity index (χ4v) is 1.94. The first-order valence-corrected chi connectivity index (χ1v) is 4.25. The predicted molar refractivity (Wildman–Crippen MR) is 45.7 cm³/mol. The van der Waals surface area contributed by atoms with Crippen LogP contribution in [-0.2, 0) is 6.54 Å². The summed E-state index contributed by atoms with van der Waals surface area (Å²) >= 11 is 1.64. The van der Waals surface area contributed by atoms with Crippen LogP contribution >= 0.6 is 11.3 Å². The van der Waals surface area contributed by atoms with E-state index in [9.17, 15) is 0 Å². The number of imidazole rings is 1. The summed E-state index contributed by atoms with van der Waals surface area (Å²) in [6, 6.07) is 0. The largest absolute Gasteiger partial charge is 0.326 e. The maximum atomic E-state index is 5.48. The number of fused-ring (bicyclic) bond motifs is 1. The summed E-state index contributed by atoms with van der Waals surface area (Å²) in [6.07, 6.45) is 4.03. The van der Waals surface area contributed by atoms with E-state index in [-0.39, 0.29) is 0 Å². The molecule has 0 spiro atoms. The summed E-state index contributed by atoms with van der Waals surface area (Å²) in [7, 11) is 0. The van der Waals surface area contributed by atoms with Gasteiger partial charge in [0.2, 0.25) is 0 Å². The third-order valence-corrected chi connectivity index (χ3v) is 2.54. The molecule has 0 bridgehead atoms. The van der Waals surface area contributed by atoms with Gasteiger partial charge in [-0.2, -0.15) is 0 Å². The molecule has 0 fully saturated rings. The minimum Gasteiger partial charge on any atom is -0.326 e. The maximum Gasteiger partial charge on any atom is 0.194 e. The van der Waals surface area contributed by atoms with E-state index >= 15 is 0 Å². The molecule has 0 amide bonds. The molecule has 0 aromatic carbocycles. The zero-order valence-corrected chi connectivity index (χ0v) is 7.06. The van der Waals surface area contributed by atoms with Gasteiger partial charge in [0, 0.05) is 23.8 Å². The molecule has 0 unspecified atom stereocenters. The Morgan fingerprint density at radius 3 is 3.09 bits per heavy atom. The van der Waals surface area contributed by atoms with Crippen molar-refractivity contribution < 1.29 is 0 Å². The molecular formula is C7H9N3S. The average Bonchev–Trinajstić information content (AvgIpc) is 2.43. The predicted octanol–water partition coefficient (Wildman–Crippen LogP) is 1.16. The van der Waals surface area contributed by atoms with Gasteiger partial charge in [0.1, 0.15) is 0 Å². The van der Waals surface area contributed by atoms with Crippen LogP contribution in [0.3, 0.4) is 0 Å². The van der Waals surface area contributed by atoms with Crippen molar-refractivity contribution in [3.05, 3.63) is 23.0 Å². The highest BCUT2D eigenvalue weighted by Crippen LogP contribution is 2.16. The standard InChI is InChI=1S/C7H9N3S/c1-5-3-10-4-6(2-8)11-7(10)9-5/h3-4H,2,8H2,1H3. The Kier molecular flexibility index (Phi) is 1.44. The van der Waals surface area contributed by atoms with Gasteiger partial charge in [-0.05, 0) is 6.92 Å². The summed E-state index contributed by atoms with van der Waals surface area (Å²) in [5, 5.41) is 0. The van der Waals surface area contributed by atoms with Crippen LogP contribution in [0.5, 0.6) is 0 Å². The van der Waals surface area contributed by atoms with Crippen molar-refractivity contribution in [2.24, 2.45) is 5.73 Å². The summed E-state index contributed by atoms with van der Waals surface area (Å²) < 4.78 is 2.02. The van der Waals surface area contributed by atoms with E-state index in [0.717, 1.165) is 10.7 Å². The second-order valence-electron chi connectivity index (χ2n) is 2.47. The number of nitrogens with zero attached hydrogens (tertiary/aromatic N) is 2. The molecule has 2 aromatic rings.